The zero-order chi connectivity index (χ0) is 25.0. The fourth-order valence-corrected chi connectivity index (χ4v) is 3.67. The molecule has 34 heavy (non-hydrogen) atoms. The number of aliphatic hydroxyl groups excluding tert-OH is 2. The first-order valence-electron chi connectivity index (χ1n) is 13.6. The van der Waals surface area contributed by atoms with Gasteiger partial charge in [0.25, 0.3) is 0 Å². The van der Waals surface area contributed by atoms with E-state index >= 15 is 0 Å². The molecule has 0 amide bonds. The van der Waals surface area contributed by atoms with Gasteiger partial charge >= 0.3 is 0 Å². The molecule has 0 aliphatic carbocycles. The highest BCUT2D eigenvalue weighted by Gasteiger charge is 1.93. The third-order valence-corrected chi connectivity index (χ3v) is 5.79. The summed E-state index contributed by atoms with van der Waals surface area (Å²) in [4.78, 5) is 0. The highest BCUT2D eigenvalue weighted by molar-refractivity contribution is 5.06. The lowest BCUT2D eigenvalue weighted by Crippen LogP contribution is -1.95. The van der Waals surface area contributed by atoms with E-state index in [4.69, 9.17) is 12.8 Å². The highest BCUT2D eigenvalue weighted by atomic mass is 16.3. The van der Waals surface area contributed by atoms with Crippen LogP contribution in [-0.2, 0) is 0 Å². The van der Waals surface area contributed by atoms with E-state index in [1.54, 1.807) is 12.2 Å². The molecule has 0 spiro atoms. The molecule has 0 aromatic heterocycles. The second-order valence-electron chi connectivity index (χ2n) is 9.00. The van der Waals surface area contributed by atoms with Crippen LogP contribution in [0.1, 0.15) is 116 Å². The van der Waals surface area contributed by atoms with Crippen molar-refractivity contribution >= 4 is 0 Å². The third kappa shape index (κ3) is 26.3. The highest BCUT2D eigenvalue weighted by Crippen LogP contribution is 2.11. The van der Waals surface area contributed by atoms with E-state index in [0.717, 1.165) is 19.3 Å². The molecule has 0 aromatic carbocycles. The molecule has 0 aliphatic rings. The Labute approximate surface area is 211 Å². The van der Waals surface area contributed by atoms with E-state index < -0.39 is 12.2 Å². The number of rotatable bonds is 23. The van der Waals surface area contributed by atoms with Gasteiger partial charge in [-0.3, -0.25) is 0 Å². The van der Waals surface area contributed by atoms with Crippen molar-refractivity contribution in [1.82, 2.24) is 0 Å². The normalized spacial score (nSPS) is 13.8. The fraction of sp³-hybridized carbons (Fsp3) is 0.625. The van der Waals surface area contributed by atoms with Gasteiger partial charge in [0.1, 0.15) is 12.2 Å². The standard InChI is InChI=1S/C32H50O2/c1-3-31(33)29-27-25-23-21-19-17-15-13-11-9-7-5-6-8-10-12-14-16-18-20-22-24-26-28-30-32(34)4-2/h1-2,5,7,14,16,27-34H,6,8-13,15,17-26H2/b7-5+,16-14+,29-27+,30-28+/t31-,32-/m0/s1. The smallest absolute Gasteiger partial charge is 0.133 e. The number of hydrogen-bond donors (Lipinski definition) is 2. The molecule has 2 atom stereocenters. The summed E-state index contributed by atoms with van der Waals surface area (Å²) in [6.07, 6.45) is 47.7. The largest absolute Gasteiger partial charge is 0.377 e. The second kappa shape index (κ2) is 27.2. The first-order valence-corrected chi connectivity index (χ1v) is 13.6. The summed E-state index contributed by atoms with van der Waals surface area (Å²) in [5.74, 6) is 4.57. The first kappa shape index (κ1) is 32.0. The molecule has 0 radical (unpaired) electrons. The Morgan fingerprint density at radius 1 is 0.412 bits per heavy atom. The Hall–Kier alpha value is -2.00. The van der Waals surface area contributed by atoms with Crippen LogP contribution in [0.5, 0.6) is 0 Å². The zero-order valence-electron chi connectivity index (χ0n) is 21.6. The number of allylic oxidation sites excluding steroid dienone is 6. The van der Waals surface area contributed by atoms with Crippen LogP contribution in [0.4, 0.5) is 0 Å². The minimum atomic E-state index is -0.730. The molecule has 0 rings (SSSR count). The van der Waals surface area contributed by atoms with Gasteiger partial charge in [-0.1, -0.05) is 86.8 Å². The number of aliphatic hydroxyl groups is 2. The lowest BCUT2D eigenvalue weighted by atomic mass is 10.1. The van der Waals surface area contributed by atoms with Crippen LogP contribution >= 0.6 is 0 Å². The predicted molar refractivity (Wildman–Crippen MR) is 149 cm³/mol. The molecular formula is C32H50O2. The van der Waals surface area contributed by atoms with Gasteiger partial charge in [0.2, 0.25) is 0 Å². The van der Waals surface area contributed by atoms with E-state index in [1.807, 2.05) is 12.2 Å². The summed E-state index contributed by atoms with van der Waals surface area (Å²) in [5, 5.41) is 18.4. The molecule has 2 nitrogen and oxygen atoms in total. The quantitative estimate of drug-likeness (QED) is 0.0904. The maximum absolute atomic E-state index is 9.22. The van der Waals surface area contributed by atoms with E-state index in [2.05, 4.69) is 36.1 Å². The van der Waals surface area contributed by atoms with Gasteiger partial charge in [0.15, 0.2) is 0 Å². The monoisotopic (exact) mass is 466 g/mol. The summed E-state index contributed by atoms with van der Waals surface area (Å²) in [6, 6.07) is 0. The van der Waals surface area contributed by atoms with E-state index in [9.17, 15) is 10.2 Å². The van der Waals surface area contributed by atoms with Crippen LogP contribution in [-0.4, -0.2) is 22.4 Å². The van der Waals surface area contributed by atoms with Crippen LogP contribution in [0.25, 0.3) is 0 Å². The molecule has 0 saturated heterocycles. The van der Waals surface area contributed by atoms with Gasteiger partial charge in [-0.15, -0.1) is 12.8 Å². The van der Waals surface area contributed by atoms with Crippen LogP contribution < -0.4 is 0 Å². The SMILES string of the molecule is C#C[C@H](O)/C=C/CCCCC/C=C/CCCC/C=C/CCCCCCCCC/C=C/[C@@H](O)C#C. The molecule has 0 saturated carbocycles. The molecule has 2 N–H and O–H groups in total. The van der Waals surface area contributed by atoms with E-state index in [0.29, 0.717) is 0 Å². The second-order valence-corrected chi connectivity index (χ2v) is 9.00. The average molecular weight is 467 g/mol. The maximum Gasteiger partial charge on any atom is 0.133 e. The van der Waals surface area contributed by atoms with Gasteiger partial charge < -0.3 is 10.2 Å². The van der Waals surface area contributed by atoms with Gasteiger partial charge in [-0.2, -0.15) is 0 Å². The summed E-state index contributed by atoms with van der Waals surface area (Å²) < 4.78 is 0. The Balaban J connectivity index is 3.27. The van der Waals surface area contributed by atoms with Crippen molar-refractivity contribution < 1.29 is 10.2 Å². The third-order valence-electron chi connectivity index (χ3n) is 5.79. The minimum Gasteiger partial charge on any atom is -0.377 e. The summed E-state index contributed by atoms with van der Waals surface area (Å²) in [6.45, 7) is 0. The van der Waals surface area contributed by atoms with Crippen molar-refractivity contribution in [3.8, 4) is 24.7 Å². The van der Waals surface area contributed by atoms with Gasteiger partial charge in [-0.05, 0) is 89.2 Å². The molecule has 2 heteroatoms. The molecule has 0 aromatic rings. The van der Waals surface area contributed by atoms with Crippen molar-refractivity contribution in [1.29, 1.82) is 0 Å². The Kier molecular flexibility index (Phi) is 25.6. The van der Waals surface area contributed by atoms with Gasteiger partial charge in [0, 0.05) is 0 Å². The lowest BCUT2D eigenvalue weighted by Gasteiger charge is -2.00. The summed E-state index contributed by atoms with van der Waals surface area (Å²) >= 11 is 0. The number of unbranched alkanes of at least 4 members (excludes halogenated alkanes) is 15. The van der Waals surface area contributed by atoms with Crippen LogP contribution in [0.15, 0.2) is 48.6 Å². The van der Waals surface area contributed by atoms with Crippen molar-refractivity contribution in [3.05, 3.63) is 48.6 Å². The topological polar surface area (TPSA) is 40.5 Å². The minimum absolute atomic E-state index is 0.723. The molecule has 190 valence electrons. The number of hydrogen-bond acceptors (Lipinski definition) is 2. The average Bonchev–Trinajstić information content (AvgIpc) is 2.85. The van der Waals surface area contributed by atoms with Crippen LogP contribution in [0.2, 0.25) is 0 Å². The van der Waals surface area contributed by atoms with Gasteiger partial charge in [0.05, 0.1) is 0 Å². The van der Waals surface area contributed by atoms with E-state index in [1.165, 1.54) is 96.3 Å². The first-order chi connectivity index (χ1) is 16.7. The number of terminal acetylenes is 2. The zero-order valence-corrected chi connectivity index (χ0v) is 21.6. The Morgan fingerprint density at radius 3 is 0.971 bits per heavy atom. The molecule has 0 heterocycles. The molecule has 0 unspecified atom stereocenters. The molecule has 0 fully saturated rings. The molecule has 0 bridgehead atoms. The van der Waals surface area contributed by atoms with Crippen molar-refractivity contribution in [2.24, 2.45) is 0 Å². The summed E-state index contributed by atoms with van der Waals surface area (Å²) in [5.41, 5.74) is 0. The Morgan fingerprint density at radius 2 is 0.647 bits per heavy atom. The van der Waals surface area contributed by atoms with Crippen molar-refractivity contribution in [2.45, 2.75) is 128 Å². The van der Waals surface area contributed by atoms with Crippen LogP contribution in [0, 0.1) is 24.7 Å². The molecular weight excluding hydrogens is 416 g/mol. The van der Waals surface area contributed by atoms with Crippen molar-refractivity contribution in [3.63, 3.8) is 0 Å². The van der Waals surface area contributed by atoms with Crippen LogP contribution in [0.3, 0.4) is 0 Å². The predicted octanol–water partition coefficient (Wildman–Crippen LogP) is 8.22. The van der Waals surface area contributed by atoms with Crippen molar-refractivity contribution in [2.75, 3.05) is 0 Å². The Bertz CT molecular complexity index is 626. The molecule has 0 aliphatic heterocycles. The lowest BCUT2D eigenvalue weighted by molar-refractivity contribution is 0.280. The van der Waals surface area contributed by atoms with Gasteiger partial charge in [-0.25, -0.2) is 0 Å². The summed E-state index contributed by atoms with van der Waals surface area (Å²) in [7, 11) is 0. The van der Waals surface area contributed by atoms with E-state index in [-0.39, 0.29) is 0 Å². The maximum atomic E-state index is 9.22. The fourth-order valence-electron chi connectivity index (χ4n) is 3.67.